The number of carbonyl (C=O) groups is 1. The molecule has 18 heavy (non-hydrogen) atoms. The van der Waals surface area contributed by atoms with E-state index in [9.17, 15) is 4.79 Å². The molecule has 0 bridgehead atoms. The minimum Gasteiger partial charge on any atom is -0.468 e. The summed E-state index contributed by atoms with van der Waals surface area (Å²) in [6.45, 7) is 12.0. The van der Waals surface area contributed by atoms with Crippen LogP contribution >= 0.6 is 0 Å². The number of hydrogen-bond acceptors (Lipinski definition) is 4. The Morgan fingerprint density at radius 3 is 2.33 bits per heavy atom. The van der Waals surface area contributed by atoms with Gasteiger partial charge >= 0.3 is 5.97 Å². The van der Waals surface area contributed by atoms with E-state index in [4.69, 9.17) is 4.74 Å². The fraction of sp³-hybridized carbons (Fsp3) is 0.929. The highest BCUT2D eigenvalue weighted by atomic mass is 16.5. The van der Waals surface area contributed by atoms with Crippen molar-refractivity contribution < 1.29 is 9.53 Å². The zero-order valence-electron chi connectivity index (χ0n) is 13.0. The van der Waals surface area contributed by atoms with Crippen LogP contribution < -0.4 is 5.32 Å². The van der Waals surface area contributed by atoms with Gasteiger partial charge in [0, 0.05) is 12.6 Å². The molecule has 0 fully saturated rings. The van der Waals surface area contributed by atoms with E-state index in [2.05, 4.69) is 45.0 Å². The van der Waals surface area contributed by atoms with Crippen molar-refractivity contribution in [3.8, 4) is 0 Å². The van der Waals surface area contributed by atoms with Crippen molar-refractivity contribution in [1.29, 1.82) is 0 Å². The summed E-state index contributed by atoms with van der Waals surface area (Å²) in [7, 11) is 3.50. The smallest absolute Gasteiger partial charge is 0.327 e. The quantitative estimate of drug-likeness (QED) is 0.675. The van der Waals surface area contributed by atoms with Crippen LogP contribution in [0.3, 0.4) is 0 Å². The van der Waals surface area contributed by atoms with Crippen molar-refractivity contribution in [2.24, 2.45) is 5.92 Å². The Morgan fingerprint density at radius 2 is 1.94 bits per heavy atom. The monoisotopic (exact) mass is 258 g/mol. The molecule has 108 valence electrons. The summed E-state index contributed by atoms with van der Waals surface area (Å²) in [5, 5.41) is 3.30. The van der Waals surface area contributed by atoms with Crippen LogP contribution in [-0.2, 0) is 9.53 Å². The molecule has 0 amide bonds. The lowest BCUT2D eigenvalue weighted by Crippen LogP contribution is -2.58. The van der Waals surface area contributed by atoms with Crippen LogP contribution in [0, 0.1) is 5.92 Å². The van der Waals surface area contributed by atoms with Gasteiger partial charge < -0.3 is 15.0 Å². The highest BCUT2D eigenvalue weighted by Gasteiger charge is 2.36. The molecule has 0 aliphatic heterocycles. The summed E-state index contributed by atoms with van der Waals surface area (Å²) >= 11 is 0. The number of likely N-dealkylation sites (N-methyl/N-ethyl adjacent to an activating group) is 1. The molecule has 0 saturated carbocycles. The first-order valence-electron chi connectivity index (χ1n) is 6.82. The van der Waals surface area contributed by atoms with Crippen molar-refractivity contribution in [2.75, 3.05) is 27.2 Å². The van der Waals surface area contributed by atoms with E-state index < -0.39 is 5.54 Å². The summed E-state index contributed by atoms with van der Waals surface area (Å²) in [4.78, 5) is 14.2. The summed E-state index contributed by atoms with van der Waals surface area (Å²) in [5.41, 5.74) is -0.636. The highest BCUT2D eigenvalue weighted by Crippen LogP contribution is 2.14. The molecule has 0 heterocycles. The molecular formula is C14H30N2O2. The second-order valence-corrected chi connectivity index (χ2v) is 5.65. The average molecular weight is 258 g/mol. The van der Waals surface area contributed by atoms with Crippen LogP contribution in [0.25, 0.3) is 0 Å². The Labute approximate surface area is 112 Å². The predicted molar refractivity (Wildman–Crippen MR) is 75.6 cm³/mol. The minimum atomic E-state index is -0.636. The SMILES string of the molecule is CCCNC(C)(CN(C)C(C)C(C)C)C(=O)OC. The van der Waals surface area contributed by atoms with Crippen molar-refractivity contribution in [3.05, 3.63) is 0 Å². The molecule has 0 aliphatic carbocycles. The Morgan fingerprint density at radius 1 is 1.39 bits per heavy atom. The molecule has 4 nitrogen and oxygen atoms in total. The van der Waals surface area contributed by atoms with Crippen LogP contribution in [0.1, 0.15) is 41.0 Å². The van der Waals surface area contributed by atoms with Gasteiger partial charge in [0.15, 0.2) is 0 Å². The Balaban J connectivity index is 4.73. The van der Waals surface area contributed by atoms with Gasteiger partial charge in [-0.1, -0.05) is 20.8 Å². The number of hydrogen-bond donors (Lipinski definition) is 1. The molecule has 0 saturated heterocycles. The fourth-order valence-corrected chi connectivity index (χ4v) is 1.97. The topological polar surface area (TPSA) is 41.6 Å². The Bertz CT molecular complexity index is 256. The number of carbonyl (C=O) groups excluding carboxylic acids is 1. The molecule has 0 spiro atoms. The van der Waals surface area contributed by atoms with E-state index >= 15 is 0 Å². The van der Waals surface area contributed by atoms with Crippen molar-refractivity contribution >= 4 is 5.97 Å². The molecule has 2 unspecified atom stereocenters. The summed E-state index contributed by atoms with van der Waals surface area (Å²) in [6, 6.07) is 0.428. The van der Waals surface area contributed by atoms with Crippen LogP contribution in [0.4, 0.5) is 0 Å². The maximum atomic E-state index is 12.0. The number of esters is 1. The van der Waals surface area contributed by atoms with Gasteiger partial charge in [-0.05, 0) is 39.8 Å². The first-order chi connectivity index (χ1) is 8.28. The third-order valence-electron chi connectivity index (χ3n) is 3.63. The van der Waals surface area contributed by atoms with Crippen molar-refractivity contribution in [3.63, 3.8) is 0 Å². The first-order valence-corrected chi connectivity index (χ1v) is 6.82. The van der Waals surface area contributed by atoms with Gasteiger partial charge in [-0.15, -0.1) is 0 Å². The van der Waals surface area contributed by atoms with Crippen LogP contribution in [0.2, 0.25) is 0 Å². The normalized spacial score (nSPS) is 16.7. The van der Waals surface area contributed by atoms with E-state index in [0.29, 0.717) is 18.5 Å². The second kappa shape index (κ2) is 7.74. The van der Waals surface area contributed by atoms with Gasteiger partial charge in [0.1, 0.15) is 5.54 Å². The van der Waals surface area contributed by atoms with Gasteiger partial charge in [0.05, 0.1) is 7.11 Å². The number of methoxy groups -OCH3 is 1. The lowest BCUT2D eigenvalue weighted by molar-refractivity contribution is -0.149. The van der Waals surface area contributed by atoms with Gasteiger partial charge in [-0.25, -0.2) is 0 Å². The maximum Gasteiger partial charge on any atom is 0.327 e. The first kappa shape index (κ1) is 17.4. The van der Waals surface area contributed by atoms with Gasteiger partial charge in [-0.3, -0.25) is 4.79 Å². The third-order valence-corrected chi connectivity index (χ3v) is 3.63. The Kier molecular flexibility index (Phi) is 7.48. The molecule has 0 aromatic rings. The largest absolute Gasteiger partial charge is 0.468 e. The molecule has 0 radical (unpaired) electrons. The molecule has 0 aromatic carbocycles. The van der Waals surface area contributed by atoms with E-state index in [1.807, 2.05) is 6.92 Å². The van der Waals surface area contributed by atoms with E-state index in [0.717, 1.165) is 13.0 Å². The van der Waals surface area contributed by atoms with Crippen LogP contribution in [0.5, 0.6) is 0 Å². The van der Waals surface area contributed by atoms with Crippen LogP contribution in [-0.4, -0.2) is 49.7 Å². The van der Waals surface area contributed by atoms with Gasteiger partial charge in [-0.2, -0.15) is 0 Å². The molecule has 0 aliphatic rings. The molecule has 0 aromatic heterocycles. The number of rotatable bonds is 8. The fourth-order valence-electron chi connectivity index (χ4n) is 1.97. The molecular weight excluding hydrogens is 228 g/mol. The minimum absolute atomic E-state index is 0.196. The van der Waals surface area contributed by atoms with Crippen molar-refractivity contribution in [2.45, 2.75) is 52.6 Å². The molecule has 0 rings (SSSR count). The summed E-state index contributed by atoms with van der Waals surface area (Å²) in [5.74, 6) is 0.363. The number of nitrogens with zero attached hydrogens (tertiary/aromatic N) is 1. The third kappa shape index (κ3) is 4.94. The lowest BCUT2D eigenvalue weighted by Gasteiger charge is -2.36. The lowest BCUT2D eigenvalue weighted by atomic mass is 9.98. The Hall–Kier alpha value is -0.610. The predicted octanol–water partition coefficient (Wildman–Crippen LogP) is 1.89. The molecule has 1 N–H and O–H groups in total. The standard InChI is InChI=1S/C14H30N2O2/c1-8-9-15-14(5,13(17)18-7)10-16(6)12(4)11(2)3/h11-12,15H,8-10H2,1-7H3. The molecule has 4 heteroatoms. The maximum absolute atomic E-state index is 12.0. The second-order valence-electron chi connectivity index (χ2n) is 5.65. The zero-order chi connectivity index (χ0) is 14.3. The average Bonchev–Trinajstić information content (AvgIpc) is 2.33. The number of ether oxygens (including phenoxy) is 1. The van der Waals surface area contributed by atoms with E-state index in [1.165, 1.54) is 7.11 Å². The summed E-state index contributed by atoms with van der Waals surface area (Å²) in [6.07, 6.45) is 0.996. The zero-order valence-corrected chi connectivity index (χ0v) is 13.0. The van der Waals surface area contributed by atoms with Gasteiger partial charge in [0.2, 0.25) is 0 Å². The van der Waals surface area contributed by atoms with Crippen LogP contribution in [0.15, 0.2) is 0 Å². The van der Waals surface area contributed by atoms with E-state index in [-0.39, 0.29) is 5.97 Å². The van der Waals surface area contributed by atoms with Gasteiger partial charge in [0.25, 0.3) is 0 Å². The molecule has 2 atom stereocenters. The summed E-state index contributed by atoms with van der Waals surface area (Å²) < 4.78 is 4.93. The number of nitrogens with one attached hydrogen (secondary N) is 1. The van der Waals surface area contributed by atoms with Crippen molar-refractivity contribution in [1.82, 2.24) is 10.2 Å². The highest BCUT2D eigenvalue weighted by molar-refractivity contribution is 5.80. The van der Waals surface area contributed by atoms with E-state index in [1.54, 1.807) is 0 Å².